The van der Waals surface area contributed by atoms with Crippen molar-refractivity contribution in [3.8, 4) is 5.75 Å². The molecule has 0 radical (unpaired) electrons. The van der Waals surface area contributed by atoms with Gasteiger partial charge in [0.25, 0.3) is 0 Å². The molecule has 0 bridgehead atoms. The summed E-state index contributed by atoms with van der Waals surface area (Å²) in [5, 5.41) is 8.83. The van der Waals surface area contributed by atoms with Crippen LogP contribution in [0.3, 0.4) is 0 Å². The zero-order valence-electron chi connectivity index (χ0n) is 11.4. The van der Waals surface area contributed by atoms with Crippen molar-refractivity contribution in [1.29, 1.82) is 0 Å². The Morgan fingerprint density at radius 1 is 1.09 bits per heavy atom. The van der Waals surface area contributed by atoms with E-state index in [0.717, 1.165) is 23.8 Å². The predicted molar refractivity (Wildman–Crippen MR) is 73.6 cm³/mol. The molecule has 1 N–H and O–H groups in total. The van der Waals surface area contributed by atoms with Crippen molar-refractivity contribution < 1.29 is 27.8 Å². The second-order valence-corrected chi connectivity index (χ2v) is 4.67. The summed E-state index contributed by atoms with van der Waals surface area (Å²) < 4.78 is 43.6. The minimum atomic E-state index is -4.52. The molecule has 0 amide bonds. The Bertz CT molecular complexity index is 651. The van der Waals surface area contributed by atoms with Crippen molar-refractivity contribution in [2.45, 2.75) is 19.2 Å². The molecule has 0 aliphatic heterocycles. The highest BCUT2D eigenvalue weighted by Gasteiger charge is 2.31. The summed E-state index contributed by atoms with van der Waals surface area (Å²) in [5.74, 6) is -1.08. The van der Waals surface area contributed by atoms with Crippen molar-refractivity contribution >= 4 is 5.97 Å². The highest BCUT2D eigenvalue weighted by Crippen LogP contribution is 2.33. The van der Waals surface area contributed by atoms with Crippen molar-refractivity contribution in [2.75, 3.05) is 0 Å². The Balaban J connectivity index is 2.23. The number of carboxylic acid groups (broad SMARTS) is 1. The monoisotopic (exact) mass is 310 g/mol. The molecule has 116 valence electrons. The molecule has 0 atom stereocenters. The van der Waals surface area contributed by atoms with Crippen LogP contribution in [-0.4, -0.2) is 11.1 Å². The Morgan fingerprint density at radius 3 is 2.36 bits per heavy atom. The van der Waals surface area contributed by atoms with Gasteiger partial charge in [-0.15, -0.1) is 0 Å². The molecule has 2 aromatic carbocycles. The topological polar surface area (TPSA) is 46.5 Å². The number of aliphatic carboxylic acids is 1. The summed E-state index contributed by atoms with van der Waals surface area (Å²) in [7, 11) is 0. The molecule has 0 unspecified atom stereocenters. The predicted octanol–water partition coefficient (Wildman–Crippen LogP) is 3.91. The van der Waals surface area contributed by atoms with Crippen molar-refractivity contribution in [1.82, 2.24) is 0 Å². The summed E-state index contributed by atoms with van der Waals surface area (Å²) in [4.78, 5) is 10.8. The highest BCUT2D eigenvalue weighted by atomic mass is 19.4. The smallest absolute Gasteiger partial charge is 0.416 e. The molecule has 0 spiro atoms. The molecule has 0 aliphatic carbocycles. The average molecular weight is 310 g/mol. The number of ether oxygens (including phenoxy) is 1. The van der Waals surface area contributed by atoms with Crippen molar-refractivity contribution in [3.63, 3.8) is 0 Å². The maximum Gasteiger partial charge on any atom is 0.416 e. The van der Waals surface area contributed by atoms with Gasteiger partial charge in [-0.3, -0.25) is 4.79 Å². The molecule has 0 heterocycles. The first-order chi connectivity index (χ1) is 10.4. The van der Waals surface area contributed by atoms with Crippen molar-refractivity contribution in [2.24, 2.45) is 0 Å². The molecule has 0 saturated carbocycles. The van der Waals surface area contributed by atoms with Crippen LogP contribution >= 0.6 is 0 Å². The standard InChI is InChI=1S/C16H13F3O3/c17-16(18,19)13-6-7-14(12(8-13)9-15(20)21)22-10-11-4-2-1-3-5-11/h1-8H,9-10H2,(H,20,21). The van der Waals surface area contributed by atoms with Crippen LogP contribution in [0.1, 0.15) is 16.7 Å². The van der Waals surface area contributed by atoms with Crippen LogP contribution in [0.15, 0.2) is 48.5 Å². The lowest BCUT2D eigenvalue weighted by Gasteiger charge is -2.13. The van der Waals surface area contributed by atoms with Crippen LogP contribution in [0.25, 0.3) is 0 Å². The Hall–Kier alpha value is -2.50. The van der Waals surface area contributed by atoms with Crippen LogP contribution in [0.5, 0.6) is 5.75 Å². The van der Waals surface area contributed by atoms with Crippen LogP contribution in [-0.2, 0) is 24.0 Å². The molecule has 2 rings (SSSR count). The number of hydrogen-bond acceptors (Lipinski definition) is 2. The molecule has 6 heteroatoms. The average Bonchev–Trinajstić information content (AvgIpc) is 2.45. The number of alkyl halides is 3. The van der Waals surface area contributed by atoms with E-state index in [-0.39, 0.29) is 17.9 Å². The third kappa shape index (κ3) is 4.25. The lowest BCUT2D eigenvalue weighted by Crippen LogP contribution is -2.09. The van der Waals surface area contributed by atoms with Gasteiger partial charge in [-0.05, 0) is 23.8 Å². The summed E-state index contributed by atoms with van der Waals surface area (Å²) >= 11 is 0. The van der Waals surface area contributed by atoms with E-state index >= 15 is 0 Å². The normalized spacial score (nSPS) is 11.2. The number of hydrogen-bond donors (Lipinski definition) is 1. The molecule has 22 heavy (non-hydrogen) atoms. The molecule has 2 aromatic rings. The molecular weight excluding hydrogens is 297 g/mol. The zero-order chi connectivity index (χ0) is 16.2. The maximum atomic E-state index is 12.7. The fraction of sp³-hybridized carbons (Fsp3) is 0.188. The van der Waals surface area contributed by atoms with E-state index in [4.69, 9.17) is 9.84 Å². The third-order valence-corrected chi connectivity index (χ3v) is 2.97. The van der Waals surface area contributed by atoms with E-state index in [1.807, 2.05) is 18.2 Å². The second-order valence-electron chi connectivity index (χ2n) is 4.67. The lowest BCUT2D eigenvalue weighted by molar-refractivity contribution is -0.138. The van der Waals surface area contributed by atoms with Gasteiger partial charge < -0.3 is 9.84 Å². The van der Waals surface area contributed by atoms with Crippen LogP contribution in [0.2, 0.25) is 0 Å². The maximum absolute atomic E-state index is 12.7. The van der Waals surface area contributed by atoms with Crippen LogP contribution in [0.4, 0.5) is 13.2 Å². The number of carbonyl (C=O) groups is 1. The number of carboxylic acids is 1. The van der Waals surface area contributed by atoms with Gasteiger partial charge in [0, 0.05) is 5.56 Å². The largest absolute Gasteiger partial charge is 0.489 e. The Morgan fingerprint density at radius 2 is 1.77 bits per heavy atom. The van der Waals surface area contributed by atoms with Gasteiger partial charge in [-0.1, -0.05) is 30.3 Å². The molecular formula is C16H13F3O3. The first-order valence-corrected chi connectivity index (χ1v) is 6.45. The number of rotatable bonds is 5. The van der Waals surface area contributed by atoms with Crippen LogP contribution in [0, 0.1) is 0 Å². The highest BCUT2D eigenvalue weighted by molar-refractivity contribution is 5.71. The van der Waals surface area contributed by atoms with Crippen molar-refractivity contribution in [3.05, 3.63) is 65.2 Å². The first kappa shape index (κ1) is 15.9. The van der Waals surface area contributed by atoms with Gasteiger partial charge >= 0.3 is 12.1 Å². The zero-order valence-corrected chi connectivity index (χ0v) is 11.4. The minimum absolute atomic E-state index is 0.00161. The summed E-state index contributed by atoms with van der Waals surface area (Å²) in [6, 6.07) is 11.9. The summed E-state index contributed by atoms with van der Waals surface area (Å²) in [5.41, 5.74) is -0.0576. The Labute approximate surface area is 125 Å². The van der Waals surface area contributed by atoms with E-state index in [9.17, 15) is 18.0 Å². The molecule has 0 saturated heterocycles. The molecule has 0 aromatic heterocycles. The van der Waals surface area contributed by atoms with E-state index in [2.05, 4.69) is 0 Å². The van der Waals surface area contributed by atoms with Gasteiger partial charge in [0.1, 0.15) is 12.4 Å². The van der Waals surface area contributed by atoms with Gasteiger partial charge in [0.2, 0.25) is 0 Å². The third-order valence-electron chi connectivity index (χ3n) is 2.97. The van der Waals surface area contributed by atoms with Gasteiger partial charge in [0.15, 0.2) is 0 Å². The molecule has 0 aliphatic rings. The van der Waals surface area contributed by atoms with E-state index in [0.29, 0.717) is 0 Å². The SMILES string of the molecule is O=C(O)Cc1cc(C(F)(F)F)ccc1OCc1ccccc1. The van der Waals surface area contributed by atoms with Gasteiger partial charge in [-0.25, -0.2) is 0 Å². The van der Waals surface area contributed by atoms with Crippen LogP contribution < -0.4 is 4.74 Å². The number of halogens is 3. The quantitative estimate of drug-likeness (QED) is 0.910. The lowest BCUT2D eigenvalue weighted by atomic mass is 10.1. The van der Waals surface area contributed by atoms with E-state index in [1.54, 1.807) is 12.1 Å². The van der Waals surface area contributed by atoms with E-state index in [1.165, 1.54) is 0 Å². The molecule has 3 nitrogen and oxygen atoms in total. The van der Waals surface area contributed by atoms with Gasteiger partial charge in [0.05, 0.1) is 12.0 Å². The fourth-order valence-electron chi connectivity index (χ4n) is 1.93. The molecule has 0 fully saturated rings. The second kappa shape index (κ2) is 6.51. The van der Waals surface area contributed by atoms with E-state index < -0.39 is 24.1 Å². The first-order valence-electron chi connectivity index (χ1n) is 6.45. The minimum Gasteiger partial charge on any atom is -0.489 e. The fourth-order valence-corrected chi connectivity index (χ4v) is 1.93. The van der Waals surface area contributed by atoms with Gasteiger partial charge in [-0.2, -0.15) is 13.2 Å². The number of benzene rings is 2. The summed E-state index contributed by atoms with van der Waals surface area (Å²) in [6.45, 7) is 0.152. The summed E-state index contributed by atoms with van der Waals surface area (Å²) in [6.07, 6.45) is -5.06. The Kier molecular flexibility index (Phi) is 4.70.